The van der Waals surface area contributed by atoms with Gasteiger partial charge in [0.15, 0.2) is 17.4 Å². The maximum absolute atomic E-state index is 13.7. The van der Waals surface area contributed by atoms with Crippen molar-refractivity contribution in [3.8, 4) is 5.75 Å². The first kappa shape index (κ1) is 20.2. The van der Waals surface area contributed by atoms with Crippen LogP contribution in [0.2, 0.25) is 0 Å². The number of benzene rings is 2. The van der Waals surface area contributed by atoms with Gasteiger partial charge in [0.25, 0.3) is 0 Å². The first-order valence-corrected chi connectivity index (χ1v) is 10.6. The number of thioether (sulfide) groups is 1. The molecule has 0 saturated carbocycles. The van der Waals surface area contributed by atoms with E-state index in [2.05, 4.69) is 10.2 Å². The molecule has 30 heavy (non-hydrogen) atoms. The molecule has 1 amide bonds. The molecule has 1 aliphatic rings. The van der Waals surface area contributed by atoms with Crippen molar-refractivity contribution in [2.24, 2.45) is 0 Å². The number of likely N-dealkylation sites (tertiary alicyclic amines) is 1. The van der Waals surface area contributed by atoms with Gasteiger partial charge in [-0.3, -0.25) is 4.79 Å². The molecule has 0 unspecified atom stereocenters. The van der Waals surface area contributed by atoms with Gasteiger partial charge in [-0.05, 0) is 30.5 Å². The number of rotatable bonds is 7. The highest BCUT2D eigenvalue weighted by Gasteiger charge is 2.30. The fourth-order valence-corrected chi connectivity index (χ4v) is 4.35. The molecule has 1 aliphatic heterocycles. The molecule has 156 valence electrons. The number of halogens is 1. The summed E-state index contributed by atoms with van der Waals surface area (Å²) in [4.78, 5) is 15.0. The fraction of sp³-hybridized carbons (Fsp3) is 0.286. The van der Waals surface area contributed by atoms with E-state index >= 15 is 0 Å². The molecule has 2 N–H and O–H groups in total. The third kappa shape index (κ3) is 4.40. The zero-order valence-electron chi connectivity index (χ0n) is 16.3. The van der Waals surface area contributed by atoms with Gasteiger partial charge in [0, 0.05) is 13.1 Å². The summed E-state index contributed by atoms with van der Waals surface area (Å²) in [5, 5.41) is 8.11. The van der Waals surface area contributed by atoms with E-state index in [-0.39, 0.29) is 18.3 Å². The number of aromatic nitrogens is 3. The van der Waals surface area contributed by atoms with Crippen molar-refractivity contribution in [3.63, 3.8) is 0 Å². The molecule has 4 rings (SSSR count). The number of nitrogens with two attached hydrogens (primary N) is 1. The van der Waals surface area contributed by atoms with Crippen LogP contribution in [0, 0.1) is 5.82 Å². The van der Waals surface area contributed by atoms with Gasteiger partial charge in [0.1, 0.15) is 11.9 Å². The highest BCUT2D eigenvalue weighted by atomic mass is 32.2. The Kier molecular flexibility index (Phi) is 6.18. The lowest BCUT2D eigenvalue weighted by Crippen LogP contribution is -2.31. The Labute approximate surface area is 178 Å². The van der Waals surface area contributed by atoms with Gasteiger partial charge < -0.3 is 15.5 Å². The number of nitrogens with zero attached hydrogens (tertiary/aromatic N) is 4. The van der Waals surface area contributed by atoms with Crippen LogP contribution in [0.3, 0.4) is 0 Å². The molecule has 2 heterocycles. The minimum Gasteiger partial charge on any atom is -0.482 e. The summed E-state index contributed by atoms with van der Waals surface area (Å²) in [6.07, 6.45) is 2.03. The van der Waals surface area contributed by atoms with Crippen LogP contribution in [0.5, 0.6) is 5.75 Å². The molecular formula is C21H22FN5O2S. The molecule has 0 spiro atoms. The molecule has 1 fully saturated rings. The van der Waals surface area contributed by atoms with E-state index in [1.165, 1.54) is 28.6 Å². The fourth-order valence-electron chi connectivity index (χ4n) is 3.29. The topological polar surface area (TPSA) is 86.3 Å². The lowest BCUT2D eigenvalue weighted by atomic mass is 10.1. The summed E-state index contributed by atoms with van der Waals surface area (Å²) < 4.78 is 20.5. The third-order valence-corrected chi connectivity index (χ3v) is 6.09. The second-order valence-electron chi connectivity index (χ2n) is 6.93. The largest absolute Gasteiger partial charge is 0.482 e. The number of carbonyl (C=O) groups excluding carboxylic acids is 1. The second kappa shape index (κ2) is 9.17. The normalized spacial score (nSPS) is 14.6. The molecular weight excluding hydrogens is 405 g/mol. The molecule has 7 nitrogen and oxygen atoms in total. The number of nitrogen functional groups attached to an aromatic ring is 1. The van der Waals surface area contributed by atoms with Crippen LogP contribution >= 0.6 is 11.8 Å². The average molecular weight is 428 g/mol. The number of para-hydroxylation sites is 1. The van der Waals surface area contributed by atoms with Gasteiger partial charge in [-0.15, -0.1) is 10.2 Å². The van der Waals surface area contributed by atoms with Crippen molar-refractivity contribution < 1.29 is 13.9 Å². The third-order valence-electron chi connectivity index (χ3n) is 4.90. The highest BCUT2D eigenvalue weighted by Crippen LogP contribution is 2.36. The maximum atomic E-state index is 13.7. The van der Waals surface area contributed by atoms with Crippen LogP contribution in [0.1, 0.15) is 29.5 Å². The molecule has 1 saturated heterocycles. The Morgan fingerprint density at radius 3 is 2.53 bits per heavy atom. The number of hydrogen-bond donors (Lipinski definition) is 1. The van der Waals surface area contributed by atoms with Crippen LogP contribution < -0.4 is 10.6 Å². The molecule has 0 aliphatic carbocycles. The van der Waals surface area contributed by atoms with Gasteiger partial charge in [-0.2, -0.15) is 0 Å². The summed E-state index contributed by atoms with van der Waals surface area (Å²) >= 11 is 1.25. The van der Waals surface area contributed by atoms with Crippen LogP contribution in [0.4, 0.5) is 4.39 Å². The Bertz CT molecular complexity index is 1010. The standard InChI is InChI=1S/C21H22FN5O2S/c22-16-10-4-5-11-17(16)29-14-18-24-25-21(27(18)23)30-19(15-8-2-1-3-9-15)20(28)26-12-6-7-13-26/h1-5,8-11,19H,6-7,12-14,23H2/t19-/m1/s1. The summed E-state index contributed by atoms with van der Waals surface area (Å²) in [5.41, 5.74) is 0.881. The minimum atomic E-state index is -0.476. The van der Waals surface area contributed by atoms with Crippen molar-refractivity contribution in [1.29, 1.82) is 0 Å². The molecule has 0 bridgehead atoms. The van der Waals surface area contributed by atoms with E-state index in [1.807, 2.05) is 35.2 Å². The SMILES string of the molecule is Nn1c(COc2ccccc2F)nnc1S[C@@H](C(=O)N1CCCC1)c1ccccc1. The molecule has 9 heteroatoms. The van der Waals surface area contributed by atoms with Crippen LogP contribution in [0.25, 0.3) is 0 Å². The van der Waals surface area contributed by atoms with E-state index < -0.39 is 11.1 Å². The summed E-state index contributed by atoms with van der Waals surface area (Å²) in [7, 11) is 0. The Morgan fingerprint density at radius 2 is 1.80 bits per heavy atom. The summed E-state index contributed by atoms with van der Waals surface area (Å²) in [6, 6.07) is 15.7. The number of carbonyl (C=O) groups is 1. The van der Waals surface area contributed by atoms with E-state index in [0.29, 0.717) is 11.0 Å². The van der Waals surface area contributed by atoms with E-state index in [1.54, 1.807) is 12.1 Å². The monoisotopic (exact) mass is 427 g/mol. The predicted molar refractivity (Wildman–Crippen MR) is 112 cm³/mol. The quantitative estimate of drug-likeness (QED) is 0.460. The van der Waals surface area contributed by atoms with E-state index in [4.69, 9.17) is 10.6 Å². The van der Waals surface area contributed by atoms with E-state index in [0.717, 1.165) is 31.5 Å². The predicted octanol–water partition coefficient (Wildman–Crippen LogP) is 3.17. The summed E-state index contributed by atoms with van der Waals surface area (Å²) in [5.74, 6) is 6.18. The zero-order chi connectivity index (χ0) is 20.9. The molecule has 2 aromatic carbocycles. The van der Waals surface area contributed by atoms with E-state index in [9.17, 15) is 9.18 Å². The van der Waals surface area contributed by atoms with Crippen LogP contribution in [-0.4, -0.2) is 38.8 Å². The molecule has 1 aromatic heterocycles. The van der Waals surface area contributed by atoms with Gasteiger partial charge in [-0.25, -0.2) is 9.07 Å². The average Bonchev–Trinajstić information content (AvgIpc) is 3.42. The molecule has 0 radical (unpaired) electrons. The second-order valence-corrected chi connectivity index (χ2v) is 8.00. The number of hydrogen-bond acceptors (Lipinski definition) is 6. The minimum absolute atomic E-state index is 0.0378. The Morgan fingerprint density at radius 1 is 1.10 bits per heavy atom. The van der Waals surface area contributed by atoms with Crippen molar-refractivity contribution in [3.05, 3.63) is 71.8 Å². The van der Waals surface area contributed by atoms with Crippen molar-refractivity contribution in [1.82, 2.24) is 19.8 Å². The first-order valence-electron chi connectivity index (χ1n) is 9.70. The zero-order valence-corrected chi connectivity index (χ0v) is 17.1. The first-order chi connectivity index (χ1) is 14.6. The van der Waals surface area contributed by atoms with Crippen LogP contribution in [-0.2, 0) is 11.4 Å². The number of ether oxygens (including phenoxy) is 1. The van der Waals surface area contributed by atoms with Gasteiger partial charge in [-0.1, -0.05) is 54.2 Å². The molecule has 3 aromatic rings. The van der Waals surface area contributed by atoms with Crippen LogP contribution in [0.15, 0.2) is 59.8 Å². The van der Waals surface area contributed by atoms with Crippen molar-refractivity contribution >= 4 is 17.7 Å². The highest BCUT2D eigenvalue weighted by molar-refractivity contribution is 8.00. The maximum Gasteiger partial charge on any atom is 0.240 e. The van der Waals surface area contributed by atoms with Gasteiger partial charge in [0.2, 0.25) is 11.1 Å². The lowest BCUT2D eigenvalue weighted by molar-refractivity contribution is -0.129. The Balaban J connectivity index is 1.52. The van der Waals surface area contributed by atoms with Gasteiger partial charge >= 0.3 is 0 Å². The van der Waals surface area contributed by atoms with Gasteiger partial charge in [0.05, 0.1) is 0 Å². The lowest BCUT2D eigenvalue weighted by Gasteiger charge is -2.22. The smallest absolute Gasteiger partial charge is 0.240 e. The van der Waals surface area contributed by atoms with Crippen molar-refractivity contribution in [2.45, 2.75) is 29.9 Å². The van der Waals surface area contributed by atoms with Crippen molar-refractivity contribution in [2.75, 3.05) is 18.9 Å². The Hall–Kier alpha value is -3.07. The summed E-state index contributed by atoms with van der Waals surface area (Å²) in [6.45, 7) is 1.49. The molecule has 1 atom stereocenters. The number of amides is 1.